The average molecular weight is 154 g/mol. The van der Waals surface area contributed by atoms with Crippen LogP contribution < -0.4 is 11.5 Å². The molecular weight excluding hydrogens is 148 g/mol. The molecular formula is C5H6N4O2. The number of hydrogen-bond acceptors (Lipinski definition) is 3. The fourth-order valence-corrected chi connectivity index (χ4v) is 0.493. The normalized spacial score (nSPS) is 9.09. The Morgan fingerprint density at radius 3 is 2.82 bits per heavy atom. The van der Waals surface area contributed by atoms with Gasteiger partial charge < -0.3 is 15.9 Å². The Kier molecular flexibility index (Phi) is 1.86. The highest BCUT2D eigenvalue weighted by atomic mass is 16.3. The lowest BCUT2D eigenvalue weighted by molar-refractivity contribution is 0.0998. The fourth-order valence-electron chi connectivity index (χ4n) is 0.493. The summed E-state index contributed by atoms with van der Waals surface area (Å²) in [5, 5.41) is 0. The van der Waals surface area contributed by atoms with Crippen molar-refractivity contribution in [3.05, 3.63) is 18.4 Å². The van der Waals surface area contributed by atoms with Crippen molar-refractivity contribution in [3.63, 3.8) is 0 Å². The molecule has 0 unspecified atom stereocenters. The van der Waals surface area contributed by atoms with E-state index in [1.807, 2.05) is 0 Å². The zero-order chi connectivity index (χ0) is 8.27. The maximum Gasteiger partial charge on any atom is 0.302 e. The SMILES string of the molecule is NC(N)=NC(=O)c1cocn1. The molecule has 58 valence electrons. The van der Waals surface area contributed by atoms with Crippen LogP contribution in [0, 0.1) is 0 Å². The van der Waals surface area contributed by atoms with Crippen LogP contribution in [0.25, 0.3) is 0 Å². The summed E-state index contributed by atoms with van der Waals surface area (Å²) in [7, 11) is 0. The van der Waals surface area contributed by atoms with Gasteiger partial charge in [0.1, 0.15) is 6.26 Å². The number of nitrogens with zero attached hydrogens (tertiary/aromatic N) is 2. The summed E-state index contributed by atoms with van der Waals surface area (Å²) < 4.78 is 4.53. The van der Waals surface area contributed by atoms with Crippen molar-refractivity contribution in [1.29, 1.82) is 0 Å². The molecule has 6 nitrogen and oxygen atoms in total. The highest BCUT2D eigenvalue weighted by Crippen LogP contribution is 1.95. The van der Waals surface area contributed by atoms with Crippen LogP contribution in [0.4, 0.5) is 0 Å². The molecule has 1 aromatic heterocycles. The van der Waals surface area contributed by atoms with Gasteiger partial charge in [-0.1, -0.05) is 0 Å². The standard InChI is InChI=1S/C5H6N4O2/c6-5(7)9-4(10)3-1-11-2-8-3/h1-2H,(H4,6,7,9,10). The van der Waals surface area contributed by atoms with Crippen LogP contribution in [0.5, 0.6) is 0 Å². The van der Waals surface area contributed by atoms with Crippen LogP contribution >= 0.6 is 0 Å². The first-order valence-corrected chi connectivity index (χ1v) is 2.72. The first kappa shape index (κ1) is 7.26. The first-order valence-electron chi connectivity index (χ1n) is 2.72. The summed E-state index contributed by atoms with van der Waals surface area (Å²) in [4.78, 5) is 17.6. The van der Waals surface area contributed by atoms with Crippen molar-refractivity contribution < 1.29 is 9.21 Å². The van der Waals surface area contributed by atoms with Crippen LogP contribution in [-0.2, 0) is 0 Å². The van der Waals surface area contributed by atoms with E-state index in [0.29, 0.717) is 0 Å². The van der Waals surface area contributed by atoms with Gasteiger partial charge in [0.2, 0.25) is 0 Å². The van der Waals surface area contributed by atoms with E-state index in [0.717, 1.165) is 12.7 Å². The van der Waals surface area contributed by atoms with Gasteiger partial charge in [0.15, 0.2) is 18.0 Å². The number of aliphatic imine (C=N–C) groups is 1. The van der Waals surface area contributed by atoms with Gasteiger partial charge in [-0.05, 0) is 0 Å². The van der Waals surface area contributed by atoms with E-state index in [-0.39, 0.29) is 11.7 Å². The third-order valence-corrected chi connectivity index (χ3v) is 0.882. The molecule has 4 N–H and O–H groups in total. The number of carbonyl (C=O) groups excluding carboxylic acids is 1. The summed E-state index contributed by atoms with van der Waals surface area (Å²) in [6, 6.07) is 0. The van der Waals surface area contributed by atoms with Crippen molar-refractivity contribution in [2.24, 2.45) is 16.5 Å². The number of oxazole rings is 1. The van der Waals surface area contributed by atoms with E-state index in [4.69, 9.17) is 11.5 Å². The fraction of sp³-hybridized carbons (Fsp3) is 0. The Bertz CT molecular complexity index is 273. The van der Waals surface area contributed by atoms with E-state index in [1.54, 1.807) is 0 Å². The Hall–Kier alpha value is -1.85. The largest absolute Gasteiger partial charge is 0.451 e. The number of aromatic nitrogens is 1. The summed E-state index contributed by atoms with van der Waals surface area (Å²) in [6.07, 6.45) is 2.28. The first-order chi connectivity index (χ1) is 5.20. The summed E-state index contributed by atoms with van der Waals surface area (Å²) in [5.74, 6) is -0.906. The molecule has 6 heteroatoms. The van der Waals surface area contributed by atoms with Gasteiger partial charge in [0, 0.05) is 0 Å². The van der Waals surface area contributed by atoms with E-state index in [9.17, 15) is 4.79 Å². The third-order valence-electron chi connectivity index (χ3n) is 0.882. The van der Waals surface area contributed by atoms with Crippen LogP contribution in [0.3, 0.4) is 0 Å². The Morgan fingerprint density at radius 2 is 2.36 bits per heavy atom. The highest BCUT2D eigenvalue weighted by molar-refractivity contribution is 6.00. The molecule has 1 heterocycles. The molecule has 1 amide bonds. The minimum absolute atomic E-state index is 0.0819. The number of hydrogen-bond donors (Lipinski definition) is 2. The summed E-state index contributed by atoms with van der Waals surface area (Å²) >= 11 is 0. The topological polar surface area (TPSA) is 108 Å². The maximum absolute atomic E-state index is 10.8. The van der Waals surface area contributed by atoms with Crippen molar-refractivity contribution in [2.45, 2.75) is 0 Å². The zero-order valence-electron chi connectivity index (χ0n) is 5.52. The number of nitrogens with two attached hydrogens (primary N) is 2. The number of carbonyl (C=O) groups is 1. The second-order valence-electron chi connectivity index (χ2n) is 1.72. The number of guanidine groups is 1. The van der Waals surface area contributed by atoms with Gasteiger partial charge in [-0.15, -0.1) is 0 Å². The van der Waals surface area contributed by atoms with Gasteiger partial charge in [-0.25, -0.2) is 4.98 Å². The van der Waals surface area contributed by atoms with E-state index >= 15 is 0 Å². The molecule has 0 bridgehead atoms. The molecule has 0 atom stereocenters. The smallest absolute Gasteiger partial charge is 0.302 e. The summed E-state index contributed by atoms with van der Waals surface area (Å²) in [5.41, 5.74) is 9.98. The van der Waals surface area contributed by atoms with Gasteiger partial charge in [0.25, 0.3) is 0 Å². The molecule has 0 fully saturated rings. The van der Waals surface area contributed by atoms with Gasteiger partial charge in [-0.3, -0.25) is 4.79 Å². The van der Waals surface area contributed by atoms with Crippen molar-refractivity contribution in [2.75, 3.05) is 0 Å². The van der Waals surface area contributed by atoms with Crippen LogP contribution in [0.2, 0.25) is 0 Å². The van der Waals surface area contributed by atoms with E-state index < -0.39 is 5.91 Å². The second kappa shape index (κ2) is 2.82. The monoisotopic (exact) mass is 154 g/mol. The maximum atomic E-state index is 10.8. The number of amides is 1. The quantitative estimate of drug-likeness (QED) is 0.402. The predicted molar refractivity (Wildman–Crippen MR) is 36.6 cm³/mol. The predicted octanol–water partition coefficient (Wildman–Crippen LogP) is -0.912. The lowest BCUT2D eigenvalue weighted by atomic mass is 10.5. The molecule has 0 aliphatic heterocycles. The van der Waals surface area contributed by atoms with Crippen LogP contribution in [0.1, 0.15) is 10.5 Å². The minimum Gasteiger partial charge on any atom is -0.451 e. The zero-order valence-corrected chi connectivity index (χ0v) is 5.52. The van der Waals surface area contributed by atoms with Gasteiger partial charge in [-0.2, -0.15) is 4.99 Å². The summed E-state index contributed by atoms with van der Waals surface area (Å²) in [6.45, 7) is 0. The number of rotatable bonds is 1. The lowest BCUT2D eigenvalue weighted by Gasteiger charge is -1.86. The molecule has 0 radical (unpaired) electrons. The van der Waals surface area contributed by atoms with Crippen molar-refractivity contribution in [3.8, 4) is 0 Å². The van der Waals surface area contributed by atoms with Crippen LogP contribution in [-0.4, -0.2) is 16.9 Å². The molecule has 0 aromatic carbocycles. The second-order valence-corrected chi connectivity index (χ2v) is 1.72. The molecule has 0 saturated heterocycles. The molecule has 0 spiro atoms. The van der Waals surface area contributed by atoms with E-state index in [2.05, 4.69) is 14.4 Å². The highest BCUT2D eigenvalue weighted by Gasteiger charge is 2.06. The van der Waals surface area contributed by atoms with Gasteiger partial charge in [0.05, 0.1) is 0 Å². The van der Waals surface area contributed by atoms with Crippen LogP contribution in [0.15, 0.2) is 22.1 Å². The molecule has 0 aliphatic carbocycles. The molecule has 0 saturated carbocycles. The Labute approximate surface area is 61.9 Å². The molecule has 1 aromatic rings. The molecule has 11 heavy (non-hydrogen) atoms. The Morgan fingerprint density at radius 1 is 1.64 bits per heavy atom. The van der Waals surface area contributed by atoms with Crippen molar-refractivity contribution in [1.82, 2.24) is 4.98 Å². The Balaban J connectivity index is 2.80. The minimum atomic E-state index is -0.612. The van der Waals surface area contributed by atoms with Crippen molar-refractivity contribution >= 4 is 11.9 Å². The molecule has 1 rings (SSSR count). The lowest BCUT2D eigenvalue weighted by Crippen LogP contribution is -2.24. The molecule has 0 aliphatic rings. The third kappa shape index (κ3) is 1.78. The average Bonchev–Trinajstić information content (AvgIpc) is 2.35. The van der Waals surface area contributed by atoms with E-state index in [1.165, 1.54) is 0 Å². The van der Waals surface area contributed by atoms with Gasteiger partial charge >= 0.3 is 5.91 Å².